The molecule has 0 atom stereocenters. The van der Waals surface area contributed by atoms with Gasteiger partial charge in [0.25, 0.3) is 0 Å². The first kappa shape index (κ1) is 7.63. The number of aromatic nitrogens is 1. The van der Waals surface area contributed by atoms with Crippen molar-refractivity contribution in [2.45, 2.75) is 0 Å². The van der Waals surface area contributed by atoms with Crippen LogP contribution >= 0.6 is 0 Å². The van der Waals surface area contributed by atoms with Crippen LogP contribution in [0.15, 0.2) is 42.6 Å². The first-order chi connectivity index (χ1) is 6.42. The van der Waals surface area contributed by atoms with Gasteiger partial charge < -0.3 is 4.57 Å². The normalized spacial score (nSPS) is 9.46. The Bertz CT molecular complexity index is 435. The van der Waals surface area contributed by atoms with Crippen molar-refractivity contribution in [3.05, 3.63) is 54.4 Å². The summed E-state index contributed by atoms with van der Waals surface area (Å²) >= 11 is 0. The Hall–Kier alpha value is -2.01. The zero-order valence-corrected chi connectivity index (χ0v) is 6.94. The molecule has 1 heterocycles. The summed E-state index contributed by atoms with van der Waals surface area (Å²) in [5.74, 6) is 0. The van der Waals surface area contributed by atoms with Gasteiger partial charge >= 0.3 is 0 Å². The quantitative estimate of drug-likeness (QED) is 0.639. The lowest BCUT2D eigenvalue weighted by Crippen LogP contribution is -1.94. The SMILES string of the molecule is N#Cc1cccn1-c1[c]cccc1. The molecule has 0 aliphatic rings. The Morgan fingerprint density at radius 1 is 1.23 bits per heavy atom. The highest BCUT2D eigenvalue weighted by Gasteiger charge is 1.99. The molecule has 0 saturated heterocycles. The molecule has 0 bridgehead atoms. The third-order valence-corrected chi connectivity index (χ3v) is 1.82. The Morgan fingerprint density at radius 2 is 2.15 bits per heavy atom. The molecule has 1 aromatic heterocycles. The van der Waals surface area contributed by atoms with Crippen molar-refractivity contribution in [1.82, 2.24) is 4.57 Å². The fourth-order valence-electron chi connectivity index (χ4n) is 1.22. The van der Waals surface area contributed by atoms with E-state index < -0.39 is 0 Å². The number of benzene rings is 1. The molecule has 1 aromatic carbocycles. The van der Waals surface area contributed by atoms with Gasteiger partial charge in [0.1, 0.15) is 11.8 Å². The second-order valence-corrected chi connectivity index (χ2v) is 2.62. The van der Waals surface area contributed by atoms with Gasteiger partial charge in [0, 0.05) is 12.3 Å². The minimum absolute atomic E-state index is 0.627. The Labute approximate surface area is 76.7 Å². The number of nitriles is 1. The number of rotatable bonds is 1. The highest BCUT2D eigenvalue weighted by Crippen LogP contribution is 2.10. The van der Waals surface area contributed by atoms with Crippen LogP contribution in [0.3, 0.4) is 0 Å². The molecule has 0 fully saturated rings. The second-order valence-electron chi connectivity index (χ2n) is 2.62. The molecule has 0 aliphatic carbocycles. The zero-order valence-electron chi connectivity index (χ0n) is 6.94. The van der Waals surface area contributed by atoms with E-state index in [4.69, 9.17) is 5.26 Å². The molecule has 0 N–H and O–H groups in total. The van der Waals surface area contributed by atoms with Crippen molar-refractivity contribution in [3.63, 3.8) is 0 Å². The van der Waals surface area contributed by atoms with Crippen LogP contribution in [0.5, 0.6) is 0 Å². The smallest absolute Gasteiger partial charge is 0.124 e. The Kier molecular flexibility index (Phi) is 1.85. The van der Waals surface area contributed by atoms with Gasteiger partial charge in [0.2, 0.25) is 0 Å². The van der Waals surface area contributed by atoms with Gasteiger partial charge in [-0.3, -0.25) is 0 Å². The Balaban J connectivity index is 2.54. The average Bonchev–Trinajstić information content (AvgIpc) is 2.67. The minimum Gasteiger partial charge on any atom is -0.308 e. The van der Waals surface area contributed by atoms with E-state index in [1.54, 1.807) is 10.6 Å². The molecule has 0 aliphatic heterocycles. The van der Waals surface area contributed by atoms with Crippen molar-refractivity contribution in [1.29, 1.82) is 5.26 Å². The maximum absolute atomic E-state index is 8.78. The predicted octanol–water partition coefficient (Wildman–Crippen LogP) is 2.15. The molecule has 2 heteroatoms. The number of hydrogen-bond donors (Lipinski definition) is 0. The second kappa shape index (κ2) is 3.16. The minimum atomic E-state index is 0.627. The highest BCUT2D eigenvalue weighted by molar-refractivity contribution is 5.37. The molecule has 61 valence electrons. The maximum Gasteiger partial charge on any atom is 0.124 e. The molecular weight excluding hydrogens is 160 g/mol. The lowest BCUT2D eigenvalue weighted by molar-refractivity contribution is 1.05. The maximum atomic E-state index is 8.78. The molecule has 0 saturated carbocycles. The van der Waals surface area contributed by atoms with Crippen LogP contribution in [0.25, 0.3) is 5.69 Å². The number of nitrogens with zero attached hydrogens (tertiary/aromatic N) is 2. The lowest BCUT2D eigenvalue weighted by Gasteiger charge is -2.02. The molecule has 2 nitrogen and oxygen atoms in total. The van der Waals surface area contributed by atoms with E-state index in [0.717, 1.165) is 5.69 Å². The third kappa shape index (κ3) is 1.32. The molecular formula is C11H7N2. The van der Waals surface area contributed by atoms with E-state index in [2.05, 4.69) is 12.1 Å². The van der Waals surface area contributed by atoms with Crippen molar-refractivity contribution >= 4 is 0 Å². The van der Waals surface area contributed by atoms with E-state index >= 15 is 0 Å². The Morgan fingerprint density at radius 3 is 2.85 bits per heavy atom. The van der Waals surface area contributed by atoms with Gasteiger partial charge in [-0.15, -0.1) is 0 Å². The summed E-state index contributed by atoms with van der Waals surface area (Å²) in [6.45, 7) is 0. The van der Waals surface area contributed by atoms with E-state index in [0.29, 0.717) is 5.69 Å². The first-order valence-corrected chi connectivity index (χ1v) is 3.96. The molecule has 0 unspecified atom stereocenters. The first-order valence-electron chi connectivity index (χ1n) is 3.96. The summed E-state index contributed by atoms with van der Waals surface area (Å²) in [7, 11) is 0. The molecule has 2 aromatic rings. The standard InChI is InChI=1S/C11H7N2/c12-9-11-7-4-8-13(11)10-5-2-1-3-6-10/h1-5,7-8H. The molecule has 1 radical (unpaired) electrons. The fraction of sp³-hybridized carbons (Fsp3) is 0. The molecule has 2 rings (SSSR count). The number of para-hydroxylation sites is 1. The van der Waals surface area contributed by atoms with Crippen LogP contribution in [-0.2, 0) is 0 Å². The zero-order chi connectivity index (χ0) is 9.10. The van der Waals surface area contributed by atoms with Gasteiger partial charge in [-0.25, -0.2) is 0 Å². The van der Waals surface area contributed by atoms with E-state index in [-0.39, 0.29) is 0 Å². The summed E-state index contributed by atoms with van der Waals surface area (Å²) < 4.78 is 1.81. The van der Waals surface area contributed by atoms with E-state index in [1.165, 1.54) is 0 Å². The topological polar surface area (TPSA) is 28.7 Å². The predicted molar refractivity (Wildman–Crippen MR) is 49.3 cm³/mol. The van der Waals surface area contributed by atoms with Crippen LogP contribution in [0.2, 0.25) is 0 Å². The number of hydrogen-bond acceptors (Lipinski definition) is 1. The summed E-state index contributed by atoms with van der Waals surface area (Å²) in [5, 5.41) is 8.78. The average molecular weight is 167 g/mol. The summed E-state index contributed by atoms with van der Waals surface area (Å²) in [5.41, 5.74) is 1.52. The summed E-state index contributed by atoms with van der Waals surface area (Å²) in [4.78, 5) is 0. The molecule has 0 spiro atoms. The van der Waals surface area contributed by atoms with Gasteiger partial charge in [-0.05, 0) is 18.2 Å². The summed E-state index contributed by atoms with van der Waals surface area (Å²) in [6.07, 6.45) is 1.85. The lowest BCUT2D eigenvalue weighted by atomic mass is 10.3. The fourth-order valence-corrected chi connectivity index (χ4v) is 1.22. The van der Waals surface area contributed by atoms with Crippen LogP contribution < -0.4 is 0 Å². The third-order valence-electron chi connectivity index (χ3n) is 1.82. The van der Waals surface area contributed by atoms with Gasteiger partial charge in [0.05, 0.1) is 5.69 Å². The van der Waals surface area contributed by atoms with Crippen molar-refractivity contribution in [3.8, 4) is 11.8 Å². The van der Waals surface area contributed by atoms with Crippen molar-refractivity contribution in [2.75, 3.05) is 0 Å². The van der Waals surface area contributed by atoms with Crippen molar-refractivity contribution in [2.24, 2.45) is 0 Å². The van der Waals surface area contributed by atoms with Gasteiger partial charge in [-0.2, -0.15) is 5.26 Å². The van der Waals surface area contributed by atoms with Crippen LogP contribution in [0.1, 0.15) is 5.69 Å². The van der Waals surface area contributed by atoms with Crippen molar-refractivity contribution < 1.29 is 0 Å². The van der Waals surface area contributed by atoms with E-state index in [1.807, 2.05) is 36.5 Å². The monoisotopic (exact) mass is 167 g/mol. The van der Waals surface area contributed by atoms with Gasteiger partial charge in [0.15, 0.2) is 0 Å². The summed E-state index contributed by atoms with van der Waals surface area (Å²) in [6, 6.07) is 16.4. The molecule has 0 amide bonds. The van der Waals surface area contributed by atoms with Crippen LogP contribution in [-0.4, -0.2) is 4.57 Å². The largest absolute Gasteiger partial charge is 0.308 e. The highest BCUT2D eigenvalue weighted by atomic mass is 15.0. The van der Waals surface area contributed by atoms with Crippen LogP contribution in [0.4, 0.5) is 0 Å². The van der Waals surface area contributed by atoms with Gasteiger partial charge in [-0.1, -0.05) is 18.2 Å². The van der Waals surface area contributed by atoms with Crippen LogP contribution in [0, 0.1) is 17.4 Å². The molecule has 13 heavy (non-hydrogen) atoms. The van der Waals surface area contributed by atoms with E-state index in [9.17, 15) is 0 Å².